The first-order valence-electron chi connectivity index (χ1n) is 8.78. The van der Waals surface area contributed by atoms with Gasteiger partial charge in [0, 0.05) is 26.2 Å². The lowest BCUT2D eigenvalue weighted by molar-refractivity contribution is -0.126. The lowest BCUT2D eigenvalue weighted by Gasteiger charge is -2.30. The monoisotopic (exact) mass is 350 g/mol. The second-order valence-electron chi connectivity index (χ2n) is 6.90. The summed E-state index contributed by atoms with van der Waals surface area (Å²) < 4.78 is 22.9. The second-order valence-corrected chi connectivity index (χ2v) is 9.21. The van der Waals surface area contributed by atoms with Crippen molar-refractivity contribution in [2.45, 2.75) is 31.1 Å². The lowest BCUT2D eigenvalue weighted by Crippen LogP contribution is -2.47. The van der Waals surface area contributed by atoms with Crippen molar-refractivity contribution in [2.75, 3.05) is 37.7 Å². The average molecular weight is 350 g/mol. The first kappa shape index (κ1) is 17.4. The van der Waals surface area contributed by atoms with E-state index in [1.165, 1.54) is 0 Å². The zero-order valence-corrected chi connectivity index (χ0v) is 14.9. The third-order valence-corrected chi connectivity index (χ3v) is 6.98. The van der Waals surface area contributed by atoms with Crippen molar-refractivity contribution >= 4 is 15.7 Å². The number of nitrogens with zero attached hydrogens (tertiary/aromatic N) is 1. The Kier molecular flexibility index (Phi) is 5.25. The Hall–Kier alpha value is -1.40. The van der Waals surface area contributed by atoms with E-state index in [1.54, 1.807) is 0 Å². The molecule has 6 heteroatoms. The summed E-state index contributed by atoms with van der Waals surface area (Å²) in [5, 5.41) is 3.10. The fraction of sp³-hybridized carbons (Fsp3) is 0.611. The molecule has 132 valence electrons. The molecule has 3 rings (SSSR count). The summed E-state index contributed by atoms with van der Waals surface area (Å²) in [6.07, 6.45) is 3.99. The van der Waals surface area contributed by atoms with Crippen LogP contribution in [0.4, 0.5) is 0 Å². The molecule has 0 aromatic heterocycles. The first-order valence-corrected chi connectivity index (χ1v) is 10.6. The highest BCUT2D eigenvalue weighted by Crippen LogP contribution is 2.41. The maximum Gasteiger partial charge on any atom is 0.230 e. The van der Waals surface area contributed by atoms with Gasteiger partial charge in [0.25, 0.3) is 0 Å². The van der Waals surface area contributed by atoms with Gasteiger partial charge in [0.15, 0.2) is 9.84 Å². The van der Waals surface area contributed by atoms with Crippen molar-refractivity contribution in [2.24, 2.45) is 0 Å². The minimum atomic E-state index is -2.84. The summed E-state index contributed by atoms with van der Waals surface area (Å²) in [7, 11) is -2.84. The fourth-order valence-corrected chi connectivity index (χ4v) is 5.13. The van der Waals surface area contributed by atoms with E-state index in [2.05, 4.69) is 22.3 Å². The maximum atomic E-state index is 12.9. The van der Waals surface area contributed by atoms with Gasteiger partial charge in [0.2, 0.25) is 5.91 Å². The molecular weight excluding hydrogens is 324 g/mol. The van der Waals surface area contributed by atoms with Gasteiger partial charge >= 0.3 is 0 Å². The van der Waals surface area contributed by atoms with Crippen LogP contribution < -0.4 is 5.32 Å². The summed E-state index contributed by atoms with van der Waals surface area (Å²) in [5.41, 5.74) is 0.732. The Morgan fingerprint density at radius 1 is 1.08 bits per heavy atom. The molecule has 1 aliphatic heterocycles. The average Bonchev–Trinajstić information content (AvgIpc) is 3.08. The van der Waals surface area contributed by atoms with Gasteiger partial charge in [-0.05, 0) is 18.4 Å². The van der Waals surface area contributed by atoms with Crippen LogP contribution in [0.25, 0.3) is 0 Å². The molecule has 1 saturated heterocycles. The van der Waals surface area contributed by atoms with Crippen LogP contribution in [-0.2, 0) is 20.0 Å². The maximum absolute atomic E-state index is 12.9. The molecule has 2 fully saturated rings. The molecule has 1 aromatic rings. The van der Waals surface area contributed by atoms with Crippen LogP contribution in [0.1, 0.15) is 31.2 Å². The predicted molar refractivity (Wildman–Crippen MR) is 94.7 cm³/mol. The van der Waals surface area contributed by atoms with E-state index in [4.69, 9.17) is 0 Å². The van der Waals surface area contributed by atoms with Crippen molar-refractivity contribution in [1.82, 2.24) is 10.2 Å². The Bertz CT molecular complexity index is 653. The van der Waals surface area contributed by atoms with Gasteiger partial charge < -0.3 is 5.32 Å². The summed E-state index contributed by atoms with van der Waals surface area (Å²) in [5.74, 6) is 0.583. The molecule has 1 aromatic carbocycles. The van der Waals surface area contributed by atoms with Gasteiger partial charge in [-0.3, -0.25) is 9.69 Å². The van der Waals surface area contributed by atoms with E-state index < -0.39 is 9.84 Å². The number of amides is 1. The molecule has 1 saturated carbocycles. The Balaban J connectivity index is 1.56. The third kappa shape index (κ3) is 3.81. The molecule has 2 aliphatic rings. The molecule has 0 unspecified atom stereocenters. The van der Waals surface area contributed by atoms with Gasteiger partial charge in [-0.1, -0.05) is 43.2 Å². The Morgan fingerprint density at radius 2 is 1.71 bits per heavy atom. The van der Waals surface area contributed by atoms with Crippen LogP contribution in [0.15, 0.2) is 30.3 Å². The van der Waals surface area contributed by atoms with Crippen LogP contribution in [0, 0.1) is 0 Å². The Morgan fingerprint density at radius 3 is 2.33 bits per heavy atom. The van der Waals surface area contributed by atoms with Crippen molar-refractivity contribution in [3.05, 3.63) is 35.9 Å². The molecule has 1 amide bonds. The van der Waals surface area contributed by atoms with Crippen molar-refractivity contribution in [1.29, 1.82) is 0 Å². The summed E-state index contributed by atoms with van der Waals surface area (Å²) in [6.45, 7) is 2.43. The summed E-state index contributed by atoms with van der Waals surface area (Å²) in [4.78, 5) is 15.0. The molecule has 0 radical (unpaired) electrons. The molecule has 24 heavy (non-hydrogen) atoms. The standard InChI is InChI=1S/C18H26N2O3S/c21-17(19-10-11-20-12-14-24(22,23)15-13-20)18(8-4-5-9-18)16-6-2-1-3-7-16/h1-3,6-7H,4-5,8-15H2,(H,19,21). The molecule has 0 spiro atoms. The highest BCUT2D eigenvalue weighted by molar-refractivity contribution is 7.91. The van der Waals surface area contributed by atoms with E-state index in [0.717, 1.165) is 31.2 Å². The van der Waals surface area contributed by atoms with E-state index in [0.29, 0.717) is 26.2 Å². The highest BCUT2D eigenvalue weighted by atomic mass is 32.2. The van der Waals surface area contributed by atoms with Crippen LogP contribution in [0.5, 0.6) is 0 Å². The SMILES string of the molecule is O=C(NCCN1CCS(=O)(=O)CC1)C1(c2ccccc2)CCCC1. The van der Waals surface area contributed by atoms with E-state index in [9.17, 15) is 13.2 Å². The van der Waals surface area contributed by atoms with Crippen molar-refractivity contribution in [3.63, 3.8) is 0 Å². The van der Waals surface area contributed by atoms with Gasteiger partial charge in [-0.25, -0.2) is 8.42 Å². The van der Waals surface area contributed by atoms with E-state index in [1.807, 2.05) is 18.2 Å². The number of sulfone groups is 1. The van der Waals surface area contributed by atoms with Gasteiger partial charge in [0.1, 0.15) is 0 Å². The highest BCUT2D eigenvalue weighted by Gasteiger charge is 2.42. The van der Waals surface area contributed by atoms with Crippen molar-refractivity contribution < 1.29 is 13.2 Å². The largest absolute Gasteiger partial charge is 0.354 e. The van der Waals surface area contributed by atoms with Gasteiger partial charge in [0.05, 0.1) is 16.9 Å². The summed E-state index contributed by atoms with van der Waals surface area (Å²) >= 11 is 0. The molecule has 0 bridgehead atoms. The van der Waals surface area contributed by atoms with E-state index >= 15 is 0 Å². The van der Waals surface area contributed by atoms with Gasteiger partial charge in [-0.15, -0.1) is 0 Å². The smallest absolute Gasteiger partial charge is 0.230 e. The predicted octanol–water partition coefficient (Wildman–Crippen LogP) is 1.35. The number of nitrogens with one attached hydrogen (secondary N) is 1. The zero-order chi connectivity index (χ0) is 17.0. The molecule has 1 aliphatic carbocycles. The van der Waals surface area contributed by atoms with Crippen molar-refractivity contribution in [3.8, 4) is 0 Å². The molecule has 1 N–H and O–H groups in total. The molecule has 1 heterocycles. The first-order chi connectivity index (χ1) is 11.5. The topological polar surface area (TPSA) is 66.5 Å². The van der Waals surface area contributed by atoms with Gasteiger partial charge in [-0.2, -0.15) is 0 Å². The normalized spacial score (nSPS) is 23.0. The van der Waals surface area contributed by atoms with Crippen LogP contribution in [-0.4, -0.2) is 56.9 Å². The second kappa shape index (κ2) is 7.23. The minimum Gasteiger partial charge on any atom is -0.354 e. The summed E-state index contributed by atoms with van der Waals surface area (Å²) in [6, 6.07) is 10.1. The fourth-order valence-electron chi connectivity index (χ4n) is 3.85. The minimum absolute atomic E-state index is 0.121. The molecule has 5 nitrogen and oxygen atoms in total. The van der Waals surface area contributed by atoms with E-state index in [-0.39, 0.29) is 22.8 Å². The number of rotatable bonds is 5. The Labute approximate surface area is 144 Å². The number of benzene rings is 1. The van der Waals surface area contributed by atoms with Crippen LogP contribution in [0.3, 0.4) is 0 Å². The molecule has 0 atom stereocenters. The van der Waals surface area contributed by atoms with Crippen LogP contribution in [0.2, 0.25) is 0 Å². The lowest BCUT2D eigenvalue weighted by atomic mass is 9.78. The van der Waals surface area contributed by atoms with Crippen LogP contribution >= 0.6 is 0 Å². The number of carbonyl (C=O) groups is 1. The third-order valence-electron chi connectivity index (χ3n) is 5.37. The number of carbonyl (C=O) groups excluding carboxylic acids is 1. The number of hydrogen-bond donors (Lipinski definition) is 1. The zero-order valence-electron chi connectivity index (χ0n) is 14.0. The molecular formula is C18H26N2O3S. The number of hydrogen-bond acceptors (Lipinski definition) is 4. The quantitative estimate of drug-likeness (QED) is 0.870.